The fraction of sp³-hybridized carbons (Fsp3) is 0.154. The highest BCUT2D eigenvalue weighted by atomic mass is 79.9. The van der Waals surface area contributed by atoms with E-state index < -0.39 is 5.97 Å². The van der Waals surface area contributed by atoms with Crippen LogP contribution < -0.4 is 0 Å². The molecule has 5 heteroatoms. The average molecular weight is 307 g/mol. The number of halogens is 1. The van der Waals surface area contributed by atoms with Gasteiger partial charge in [-0.15, -0.1) is 0 Å². The highest BCUT2D eigenvalue weighted by molar-refractivity contribution is 9.10. The molecule has 1 N–H and O–H groups in total. The first-order chi connectivity index (χ1) is 8.68. The molecule has 0 radical (unpaired) electrons. The molecule has 0 spiro atoms. The summed E-state index contributed by atoms with van der Waals surface area (Å²) in [7, 11) is 0. The van der Waals surface area contributed by atoms with Crippen LogP contribution in [0.4, 0.5) is 0 Å². The molecule has 92 valence electrons. The van der Waals surface area contributed by atoms with Gasteiger partial charge in [0, 0.05) is 16.6 Å². The molecule has 1 aromatic heterocycles. The van der Waals surface area contributed by atoms with Gasteiger partial charge >= 0.3 is 5.97 Å². The predicted molar refractivity (Wildman–Crippen MR) is 70.3 cm³/mol. The van der Waals surface area contributed by atoms with Crippen LogP contribution in [0.3, 0.4) is 0 Å². The fourth-order valence-electron chi connectivity index (χ4n) is 1.81. The van der Waals surface area contributed by atoms with E-state index in [1.165, 1.54) is 6.33 Å². The first-order valence-electron chi connectivity index (χ1n) is 5.40. The highest BCUT2D eigenvalue weighted by Gasteiger charge is 2.20. The lowest BCUT2D eigenvalue weighted by Gasteiger charge is -2.16. The number of aliphatic carboxylic acids is 1. The quantitative estimate of drug-likeness (QED) is 0.943. The van der Waals surface area contributed by atoms with E-state index in [4.69, 9.17) is 5.11 Å². The number of benzene rings is 1. The lowest BCUT2D eigenvalue weighted by atomic mass is 9.92. The Labute approximate surface area is 113 Å². The topological polar surface area (TPSA) is 63.1 Å². The van der Waals surface area contributed by atoms with Crippen LogP contribution in [0.5, 0.6) is 0 Å². The van der Waals surface area contributed by atoms with Crippen LogP contribution in [0.1, 0.15) is 23.6 Å². The minimum absolute atomic E-state index is 0.000370. The largest absolute Gasteiger partial charge is 0.481 e. The third-order valence-corrected chi connectivity index (χ3v) is 3.34. The summed E-state index contributed by atoms with van der Waals surface area (Å²) in [5, 5.41) is 9.04. The van der Waals surface area contributed by atoms with Crippen molar-refractivity contribution in [1.29, 1.82) is 0 Å². The number of nitrogens with zero attached hydrogens (tertiary/aromatic N) is 2. The lowest BCUT2D eigenvalue weighted by Crippen LogP contribution is -2.10. The first-order valence-corrected chi connectivity index (χ1v) is 6.20. The molecule has 1 atom stereocenters. The van der Waals surface area contributed by atoms with Crippen LogP contribution >= 0.6 is 15.9 Å². The van der Waals surface area contributed by atoms with Crippen LogP contribution in [0, 0.1) is 0 Å². The molecule has 1 unspecified atom stereocenters. The maximum atomic E-state index is 11.0. The van der Waals surface area contributed by atoms with Gasteiger partial charge < -0.3 is 5.11 Å². The van der Waals surface area contributed by atoms with Gasteiger partial charge in [0.25, 0.3) is 0 Å². The maximum Gasteiger partial charge on any atom is 0.304 e. The minimum Gasteiger partial charge on any atom is -0.481 e. The molecule has 4 nitrogen and oxygen atoms in total. The summed E-state index contributed by atoms with van der Waals surface area (Å²) in [5.74, 6) is -1.13. The van der Waals surface area contributed by atoms with Crippen molar-refractivity contribution in [2.24, 2.45) is 0 Å². The van der Waals surface area contributed by atoms with E-state index in [-0.39, 0.29) is 12.3 Å². The Morgan fingerprint density at radius 1 is 1.33 bits per heavy atom. The van der Waals surface area contributed by atoms with Gasteiger partial charge in [-0.3, -0.25) is 4.79 Å². The summed E-state index contributed by atoms with van der Waals surface area (Å²) >= 11 is 3.45. The Bertz CT molecular complexity index is 546. The van der Waals surface area contributed by atoms with Gasteiger partial charge in [-0.2, -0.15) is 0 Å². The second-order valence-corrected chi connectivity index (χ2v) is 4.66. The zero-order valence-corrected chi connectivity index (χ0v) is 11.0. The van der Waals surface area contributed by atoms with Crippen molar-refractivity contribution in [1.82, 2.24) is 9.97 Å². The number of carboxylic acid groups (broad SMARTS) is 1. The third kappa shape index (κ3) is 2.92. The molecule has 2 rings (SSSR count). The smallest absolute Gasteiger partial charge is 0.304 e. The van der Waals surface area contributed by atoms with Crippen molar-refractivity contribution < 1.29 is 9.90 Å². The standard InChI is InChI=1S/C13H11BrN2O2/c14-11-4-2-1-3-9(11)10(7-13(17)18)12-5-6-15-8-16-12/h1-6,8,10H,7H2,(H,17,18). The van der Waals surface area contributed by atoms with Gasteiger partial charge in [0.05, 0.1) is 12.1 Å². The number of hydrogen-bond acceptors (Lipinski definition) is 3. The Morgan fingerprint density at radius 2 is 2.11 bits per heavy atom. The summed E-state index contributed by atoms with van der Waals surface area (Å²) in [6.45, 7) is 0. The summed E-state index contributed by atoms with van der Waals surface area (Å²) in [4.78, 5) is 19.0. The second-order valence-electron chi connectivity index (χ2n) is 3.81. The predicted octanol–water partition coefficient (Wildman–Crippen LogP) is 2.85. The van der Waals surface area contributed by atoms with Crippen molar-refractivity contribution in [3.63, 3.8) is 0 Å². The van der Waals surface area contributed by atoms with Crippen molar-refractivity contribution in [3.8, 4) is 0 Å². The summed E-state index contributed by atoms with van der Waals surface area (Å²) in [6, 6.07) is 9.32. The van der Waals surface area contributed by atoms with E-state index in [1.54, 1.807) is 12.3 Å². The molecule has 0 fully saturated rings. The monoisotopic (exact) mass is 306 g/mol. The molecular weight excluding hydrogens is 296 g/mol. The van der Waals surface area contributed by atoms with E-state index in [0.29, 0.717) is 5.69 Å². The Hall–Kier alpha value is -1.75. The summed E-state index contributed by atoms with van der Waals surface area (Å²) in [5.41, 5.74) is 1.62. The molecule has 0 aliphatic rings. The molecule has 18 heavy (non-hydrogen) atoms. The molecule has 0 aliphatic carbocycles. The number of carbonyl (C=O) groups is 1. The molecule has 0 aliphatic heterocycles. The highest BCUT2D eigenvalue weighted by Crippen LogP contribution is 2.31. The van der Waals surface area contributed by atoms with Crippen LogP contribution in [0.25, 0.3) is 0 Å². The maximum absolute atomic E-state index is 11.0. The SMILES string of the molecule is O=C(O)CC(c1ccncn1)c1ccccc1Br. The van der Waals surface area contributed by atoms with Crippen molar-refractivity contribution in [2.75, 3.05) is 0 Å². The fourth-order valence-corrected chi connectivity index (χ4v) is 2.37. The second kappa shape index (κ2) is 5.73. The van der Waals surface area contributed by atoms with Crippen molar-refractivity contribution >= 4 is 21.9 Å². The number of hydrogen-bond donors (Lipinski definition) is 1. The molecule has 2 aromatic rings. The molecule has 1 heterocycles. The normalized spacial score (nSPS) is 12.1. The molecule has 0 bridgehead atoms. The van der Waals surface area contributed by atoms with Gasteiger partial charge in [0.1, 0.15) is 6.33 Å². The molecule has 0 saturated heterocycles. The number of aromatic nitrogens is 2. The van der Waals surface area contributed by atoms with E-state index in [9.17, 15) is 4.79 Å². The van der Waals surface area contributed by atoms with Crippen LogP contribution in [-0.4, -0.2) is 21.0 Å². The summed E-state index contributed by atoms with van der Waals surface area (Å²) in [6.07, 6.45) is 3.05. The third-order valence-electron chi connectivity index (χ3n) is 2.62. The van der Waals surface area contributed by atoms with Gasteiger partial charge in [-0.05, 0) is 17.7 Å². The lowest BCUT2D eigenvalue weighted by molar-refractivity contribution is -0.137. The van der Waals surface area contributed by atoms with Crippen LogP contribution in [-0.2, 0) is 4.79 Å². The van der Waals surface area contributed by atoms with Crippen LogP contribution in [0.2, 0.25) is 0 Å². The van der Waals surface area contributed by atoms with Crippen molar-refractivity contribution in [2.45, 2.75) is 12.3 Å². The van der Waals surface area contributed by atoms with E-state index >= 15 is 0 Å². The van der Waals surface area contributed by atoms with Gasteiger partial charge in [0.15, 0.2) is 0 Å². The molecule has 1 aromatic carbocycles. The Balaban J connectivity index is 2.44. The average Bonchev–Trinajstić information content (AvgIpc) is 2.38. The first kappa shape index (κ1) is 12.7. The Kier molecular flexibility index (Phi) is 4.04. The molecular formula is C13H11BrN2O2. The van der Waals surface area contributed by atoms with E-state index in [2.05, 4.69) is 25.9 Å². The summed E-state index contributed by atoms with van der Waals surface area (Å²) < 4.78 is 0.884. The van der Waals surface area contributed by atoms with Gasteiger partial charge in [-0.1, -0.05) is 34.1 Å². The zero-order chi connectivity index (χ0) is 13.0. The van der Waals surface area contributed by atoms with E-state index in [1.807, 2.05) is 24.3 Å². The van der Waals surface area contributed by atoms with Crippen LogP contribution in [0.15, 0.2) is 47.3 Å². The van der Waals surface area contributed by atoms with E-state index in [0.717, 1.165) is 10.0 Å². The van der Waals surface area contributed by atoms with Gasteiger partial charge in [-0.25, -0.2) is 9.97 Å². The van der Waals surface area contributed by atoms with Gasteiger partial charge in [0.2, 0.25) is 0 Å². The number of rotatable bonds is 4. The Morgan fingerprint density at radius 3 is 2.72 bits per heavy atom. The molecule has 0 saturated carbocycles. The van der Waals surface area contributed by atoms with Crippen molar-refractivity contribution in [3.05, 3.63) is 58.6 Å². The number of carboxylic acids is 1. The minimum atomic E-state index is -0.852. The zero-order valence-electron chi connectivity index (χ0n) is 9.45. The molecule has 0 amide bonds.